The second-order valence-electron chi connectivity index (χ2n) is 4.34. The molecule has 1 atom stereocenters. The molecule has 6 heteroatoms. The zero-order valence-electron chi connectivity index (χ0n) is 10.6. The minimum atomic E-state index is -0.955. The van der Waals surface area contributed by atoms with Crippen molar-refractivity contribution in [3.05, 3.63) is 18.2 Å². The Morgan fingerprint density at radius 1 is 1.53 bits per heavy atom. The van der Waals surface area contributed by atoms with Crippen LogP contribution >= 0.6 is 0 Å². The number of nitrogens with zero attached hydrogens (tertiary/aromatic N) is 1. The van der Waals surface area contributed by atoms with E-state index in [2.05, 4.69) is 0 Å². The number of anilines is 2. The zero-order chi connectivity index (χ0) is 14.0. The quantitative estimate of drug-likeness (QED) is 0.798. The van der Waals surface area contributed by atoms with E-state index >= 15 is 0 Å². The zero-order valence-corrected chi connectivity index (χ0v) is 10.6. The Kier molecular flexibility index (Phi) is 3.59. The van der Waals surface area contributed by atoms with Crippen LogP contribution in [0, 0.1) is 0 Å². The molecule has 1 aliphatic rings. The van der Waals surface area contributed by atoms with Gasteiger partial charge in [-0.1, -0.05) is 13.0 Å². The lowest BCUT2D eigenvalue weighted by atomic mass is 10.1. The molecule has 6 nitrogen and oxygen atoms in total. The van der Waals surface area contributed by atoms with Gasteiger partial charge in [-0.25, -0.2) is 0 Å². The number of benzene rings is 1. The Morgan fingerprint density at radius 3 is 2.89 bits per heavy atom. The largest absolute Gasteiger partial charge is 0.481 e. The molecule has 0 bridgehead atoms. The van der Waals surface area contributed by atoms with E-state index in [1.807, 2.05) is 6.92 Å². The van der Waals surface area contributed by atoms with E-state index in [0.29, 0.717) is 23.5 Å². The van der Waals surface area contributed by atoms with Crippen molar-refractivity contribution in [2.75, 3.05) is 17.2 Å². The van der Waals surface area contributed by atoms with Gasteiger partial charge in [0.25, 0.3) is 5.91 Å². The summed E-state index contributed by atoms with van der Waals surface area (Å²) in [5, 5.41) is 8.77. The van der Waals surface area contributed by atoms with Crippen LogP contribution in [-0.4, -0.2) is 29.6 Å². The molecule has 1 aliphatic heterocycles. The highest BCUT2D eigenvalue weighted by Crippen LogP contribution is 2.39. The van der Waals surface area contributed by atoms with Crippen molar-refractivity contribution >= 4 is 23.3 Å². The number of hydrogen-bond acceptors (Lipinski definition) is 4. The van der Waals surface area contributed by atoms with E-state index in [9.17, 15) is 9.59 Å². The number of para-hydroxylation sites is 1. The van der Waals surface area contributed by atoms with Gasteiger partial charge < -0.3 is 20.5 Å². The topological polar surface area (TPSA) is 92.9 Å². The number of nitrogen functional groups attached to an aromatic ring is 1. The molecule has 0 fully saturated rings. The van der Waals surface area contributed by atoms with Gasteiger partial charge in [0.2, 0.25) is 0 Å². The Bertz CT molecular complexity index is 515. The molecule has 1 aromatic rings. The van der Waals surface area contributed by atoms with Crippen molar-refractivity contribution < 1.29 is 19.4 Å². The SMILES string of the molecule is CCC1Oc2cccc(N)c2N(CCC(=O)O)C1=O. The average Bonchev–Trinajstić information content (AvgIpc) is 2.37. The van der Waals surface area contributed by atoms with Crippen molar-refractivity contribution in [1.29, 1.82) is 0 Å². The second-order valence-corrected chi connectivity index (χ2v) is 4.34. The number of carbonyl (C=O) groups excluding carboxylic acids is 1. The summed E-state index contributed by atoms with van der Waals surface area (Å²) in [6.07, 6.45) is -0.185. The predicted octanol–water partition coefficient (Wildman–Crippen LogP) is 1.25. The summed E-state index contributed by atoms with van der Waals surface area (Å²) in [6, 6.07) is 5.14. The number of ether oxygens (including phenoxy) is 1. The standard InChI is InChI=1S/C13H16N2O4/c1-2-9-13(18)15(7-6-11(16)17)12-8(14)4-3-5-10(12)19-9/h3-5,9H,2,6-7,14H2,1H3,(H,16,17). The number of nitrogens with two attached hydrogens (primary N) is 1. The van der Waals surface area contributed by atoms with Crippen molar-refractivity contribution in [3.63, 3.8) is 0 Å². The minimum absolute atomic E-state index is 0.0925. The number of carboxylic acids is 1. The second kappa shape index (κ2) is 5.17. The van der Waals surface area contributed by atoms with Gasteiger partial charge >= 0.3 is 5.97 Å². The van der Waals surface area contributed by atoms with Crippen LogP contribution in [0.15, 0.2) is 18.2 Å². The molecule has 2 rings (SSSR count). The van der Waals surface area contributed by atoms with Crippen molar-refractivity contribution in [2.24, 2.45) is 0 Å². The fourth-order valence-electron chi connectivity index (χ4n) is 2.10. The molecule has 102 valence electrons. The lowest BCUT2D eigenvalue weighted by molar-refractivity contribution is -0.136. The molecule has 0 spiro atoms. The molecule has 0 radical (unpaired) electrons. The summed E-state index contributed by atoms with van der Waals surface area (Å²) in [7, 11) is 0. The van der Waals surface area contributed by atoms with Crippen LogP contribution < -0.4 is 15.4 Å². The van der Waals surface area contributed by atoms with Gasteiger partial charge in [0.05, 0.1) is 12.1 Å². The van der Waals surface area contributed by atoms with Crippen molar-refractivity contribution in [1.82, 2.24) is 0 Å². The first kappa shape index (κ1) is 13.2. The van der Waals surface area contributed by atoms with Gasteiger partial charge in [0, 0.05) is 6.54 Å². The molecule has 0 saturated carbocycles. The predicted molar refractivity (Wildman–Crippen MR) is 70.2 cm³/mol. The number of carboxylic acid groups (broad SMARTS) is 1. The van der Waals surface area contributed by atoms with Crippen molar-refractivity contribution in [2.45, 2.75) is 25.9 Å². The lowest BCUT2D eigenvalue weighted by Gasteiger charge is -2.34. The summed E-state index contributed by atoms with van der Waals surface area (Å²) < 4.78 is 5.59. The molecule has 1 unspecified atom stereocenters. The third-order valence-corrected chi connectivity index (χ3v) is 3.03. The fourth-order valence-corrected chi connectivity index (χ4v) is 2.10. The Hall–Kier alpha value is -2.24. The maximum absolute atomic E-state index is 12.2. The van der Waals surface area contributed by atoms with Crippen LogP contribution in [0.2, 0.25) is 0 Å². The summed E-state index contributed by atoms with van der Waals surface area (Å²) in [6.45, 7) is 1.93. The first-order valence-corrected chi connectivity index (χ1v) is 6.13. The van der Waals surface area contributed by atoms with E-state index in [-0.39, 0.29) is 18.9 Å². The molecule has 0 aromatic heterocycles. The Morgan fingerprint density at radius 2 is 2.26 bits per heavy atom. The van der Waals surface area contributed by atoms with Crippen molar-refractivity contribution in [3.8, 4) is 5.75 Å². The summed E-state index contributed by atoms with van der Waals surface area (Å²) in [5.74, 6) is -0.672. The number of fused-ring (bicyclic) bond motifs is 1. The number of amides is 1. The highest BCUT2D eigenvalue weighted by atomic mass is 16.5. The van der Waals surface area contributed by atoms with Gasteiger partial charge in [0.1, 0.15) is 11.4 Å². The molecular formula is C13H16N2O4. The van der Waals surface area contributed by atoms with E-state index in [0.717, 1.165) is 0 Å². The Labute approximate surface area is 110 Å². The monoisotopic (exact) mass is 264 g/mol. The first-order valence-electron chi connectivity index (χ1n) is 6.13. The van der Waals surface area contributed by atoms with Gasteiger partial charge in [0.15, 0.2) is 6.10 Å². The number of aliphatic carboxylic acids is 1. The van der Waals surface area contributed by atoms with E-state index in [1.54, 1.807) is 18.2 Å². The molecule has 19 heavy (non-hydrogen) atoms. The van der Waals surface area contributed by atoms with Crippen LogP contribution in [0.5, 0.6) is 5.75 Å². The molecule has 0 saturated heterocycles. The maximum Gasteiger partial charge on any atom is 0.305 e. The van der Waals surface area contributed by atoms with Gasteiger partial charge in [-0.2, -0.15) is 0 Å². The minimum Gasteiger partial charge on any atom is -0.481 e. The highest BCUT2D eigenvalue weighted by Gasteiger charge is 2.34. The molecule has 1 aromatic carbocycles. The number of rotatable bonds is 4. The molecule has 1 heterocycles. The molecule has 3 N–H and O–H groups in total. The first-order chi connectivity index (χ1) is 9.04. The van der Waals surface area contributed by atoms with Crippen LogP contribution in [0.1, 0.15) is 19.8 Å². The maximum atomic E-state index is 12.2. The summed E-state index contributed by atoms with van der Waals surface area (Å²) >= 11 is 0. The smallest absolute Gasteiger partial charge is 0.305 e. The van der Waals surface area contributed by atoms with E-state index in [4.69, 9.17) is 15.6 Å². The molecular weight excluding hydrogens is 248 g/mol. The van der Waals surface area contributed by atoms with E-state index < -0.39 is 12.1 Å². The third-order valence-electron chi connectivity index (χ3n) is 3.03. The van der Waals surface area contributed by atoms with E-state index in [1.165, 1.54) is 4.90 Å². The van der Waals surface area contributed by atoms with Crippen LogP contribution in [0.4, 0.5) is 11.4 Å². The van der Waals surface area contributed by atoms with Gasteiger partial charge in [-0.3, -0.25) is 9.59 Å². The number of hydrogen-bond donors (Lipinski definition) is 2. The number of carbonyl (C=O) groups is 2. The Balaban J connectivity index is 2.38. The highest BCUT2D eigenvalue weighted by molar-refractivity contribution is 6.03. The normalized spacial score (nSPS) is 17.8. The summed E-state index contributed by atoms with van der Waals surface area (Å²) in [4.78, 5) is 24.3. The van der Waals surface area contributed by atoms with Crippen LogP contribution in [0.25, 0.3) is 0 Å². The van der Waals surface area contributed by atoms with Crippen LogP contribution in [0.3, 0.4) is 0 Å². The molecule has 0 aliphatic carbocycles. The fraction of sp³-hybridized carbons (Fsp3) is 0.385. The summed E-state index contributed by atoms with van der Waals surface area (Å²) in [5.41, 5.74) is 6.74. The van der Waals surface area contributed by atoms with Gasteiger partial charge in [-0.05, 0) is 18.6 Å². The average molecular weight is 264 g/mol. The molecule has 1 amide bonds. The van der Waals surface area contributed by atoms with Gasteiger partial charge in [-0.15, -0.1) is 0 Å². The lowest BCUT2D eigenvalue weighted by Crippen LogP contribution is -2.46. The van der Waals surface area contributed by atoms with Crippen LogP contribution in [-0.2, 0) is 9.59 Å². The third kappa shape index (κ3) is 2.47.